The molecule has 9 heteroatoms. The smallest absolute Gasteiger partial charge is 0.368 e. The van der Waals surface area contributed by atoms with Crippen LogP contribution in [0.15, 0.2) is 6.07 Å². The van der Waals surface area contributed by atoms with Crippen molar-refractivity contribution in [3.8, 4) is 0 Å². The van der Waals surface area contributed by atoms with Gasteiger partial charge in [-0.05, 0) is 5.92 Å². The Hall–Kier alpha value is -2.06. The second-order valence-corrected chi connectivity index (χ2v) is 4.92. The Kier molecular flexibility index (Phi) is 5.34. The fourth-order valence-electron chi connectivity index (χ4n) is 1.72. The van der Waals surface area contributed by atoms with Crippen LogP contribution in [0.25, 0.3) is 0 Å². The fraction of sp³-hybridized carbons (Fsp3) is 0.583. The summed E-state index contributed by atoms with van der Waals surface area (Å²) in [4.78, 5) is 19.8. The minimum absolute atomic E-state index is 0.00850. The number of hydrogen-bond donors (Lipinski definition) is 2. The van der Waals surface area contributed by atoms with Gasteiger partial charge in [-0.1, -0.05) is 13.8 Å². The van der Waals surface area contributed by atoms with Crippen molar-refractivity contribution in [1.29, 1.82) is 0 Å². The Morgan fingerprint density at radius 3 is 2.48 bits per heavy atom. The van der Waals surface area contributed by atoms with Crippen LogP contribution in [0.1, 0.15) is 19.5 Å². The van der Waals surface area contributed by atoms with E-state index in [-0.39, 0.29) is 24.2 Å². The Morgan fingerprint density at radius 2 is 2.05 bits per heavy atom. The van der Waals surface area contributed by atoms with Crippen molar-refractivity contribution in [2.75, 3.05) is 30.4 Å². The predicted octanol–water partition coefficient (Wildman–Crippen LogP) is 1.48. The summed E-state index contributed by atoms with van der Waals surface area (Å²) in [6.45, 7) is 3.88. The third-order valence-electron chi connectivity index (χ3n) is 2.48. The van der Waals surface area contributed by atoms with Crippen molar-refractivity contribution in [3.63, 3.8) is 0 Å². The van der Waals surface area contributed by atoms with Gasteiger partial charge >= 0.3 is 6.18 Å². The van der Waals surface area contributed by atoms with Crippen molar-refractivity contribution in [3.05, 3.63) is 11.8 Å². The molecule has 6 nitrogen and oxygen atoms in total. The second kappa shape index (κ2) is 6.59. The maximum atomic E-state index is 12.8. The Morgan fingerprint density at radius 1 is 1.43 bits per heavy atom. The SMILES string of the molecule is CNc1nc(N(CC(N)=O)CC(C)C)cc(C(F)(F)F)n1. The van der Waals surface area contributed by atoms with Gasteiger partial charge in [-0.25, -0.2) is 4.98 Å². The zero-order valence-corrected chi connectivity index (χ0v) is 12.0. The third kappa shape index (κ3) is 5.09. The van der Waals surface area contributed by atoms with Crippen LogP contribution >= 0.6 is 0 Å². The normalized spacial score (nSPS) is 11.6. The van der Waals surface area contributed by atoms with Gasteiger partial charge in [-0.2, -0.15) is 18.2 Å². The molecular formula is C12H18F3N5O. The van der Waals surface area contributed by atoms with Gasteiger partial charge < -0.3 is 16.0 Å². The molecule has 1 aromatic rings. The molecule has 118 valence electrons. The highest BCUT2D eigenvalue weighted by Crippen LogP contribution is 2.30. The summed E-state index contributed by atoms with van der Waals surface area (Å²) in [5.41, 5.74) is 4.06. The van der Waals surface area contributed by atoms with E-state index in [1.54, 1.807) is 0 Å². The maximum Gasteiger partial charge on any atom is 0.433 e. The van der Waals surface area contributed by atoms with Crippen LogP contribution in [0.2, 0.25) is 0 Å². The lowest BCUT2D eigenvalue weighted by atomic mass is 10.2. The summed E-state index contributed by atoms with van der Waals surface area (Å²) in [5, 5.41) is 2.48. The van der Waals surface area contributed by atoms with E-state index in [0.717, 1.165) is 6.07 Å². The number of nitrogens with one attached hydrogen (secondary N) is 1. The average Bonchev–Trinajstić information content (AvgIpc) is 2.35. The number of nitrogens with two attached hydrogens (primary N) is 1. The zero-order valence-electron chi connectivity index (χ0n) is 12.0. The van der Waals surface area contributed by atoms with Gasteiger partial charge in [0, 0.05) is 19.7 Å². The summed E-state index contributed by atoms with van der Waals surface area (Å²) in [5.74, 6) is -0.687. The molecule has 0 aliphatic carbocycles. The topological polar surface area (TPSA) is 84.1 Å². The molecule has 0 fully saturated rings. The Labute approximate surface area is 120 Å². The number of primary amides is 1. The van der Waals surface area contributed by atoms with Gasteiger partial charge in [-0.3, -0.25) is 4.79 Å². The number of amides is 1. The molecule has 0 aliphatic heterocycles. The van der Waals surface area contributed by atoms with Crippen LogP contribution < -0.4 is 16.0 Å². The number of carbonyl (C=O) groups excluding carboxylic acids is 1. The second-order valence-electron chi connectivity index (χ2n) is 4.92. The number of anilines is 2. The molecule has 1 heterocycles. The molecule has 0 aromatic carbocycles. The van der Waals surface area contributed by atoms with E-state index in [1.807, 2.05) is 13.8 Å². The minimum Gasteiger partial charge on any atom is -0.368 e. The van der Waals surface area contributed by atoms with Gasteiger partial charge in [0.15, 0.2) is 5.69 Å². The average molecular weight is 305 g/mol. The van der Waals surface area contributed by atoms with Crippen LogP contribution in [0.5, 0.6) is 0 Å². The molecule has 0 radical (unpaired) electrons. The lowest BCUT2D eigenvalue weighted by molar-refractivity contribution is -0.141. The number of carbonyl (C=O) groups is 1. The van der Waals surface area contributed by atoms with Crippen molar-refractivity contribution in [1.82, 2.24) is 9.97 Å². The highest BCUT2D eigenvalue weighted by Gasteiger charge is 2.34. The van der Waals surface area contributed by atoms with E-state index in [9.17, 15) is 18.0 Å². The quantitative estimate of drug-likeness (QED) is 0.832. The molecule has 0 unspecified atom stereocenters. The molecule has 0 bridgehead atoms. The van der Waals surface area contributed by atoms with E-state index in [2.05, 4.69) is 15.3 Å². The van der Waals surface area contributed by atoms with Crippen molar-refractivity contribution >= 4 is 17.7 Å². The maximum absolute atomic E-state index is 12.8. The molecule has 21 heavy (non-hydrogen) atoms. The zero-order chi connectivity index (χ0) is 16.2. The highest BCUT2D eigenvalue weighted by molar-refractivity contribution is 5.79. The summed E-state index contributed by atoms with van der Waals surface area (Å²) in [6.07, 6.45) is -4.60. The largest absolute Gasteiger partial charge is 0.433 e. The molecule has 1 rings (SSSR count). The number of halogens is 3. The van der Waals surface area contributed by atoms with E-state index in [4.69, 9.17) is 5.73 Å². The van der Waals surface area contributed by atoms with Gasteiger partial charge in [-0.15, -0.1) is 0 Å². The number of rotatable bonds is 6. The summed E-state index contributed by atoms with van der Waals surface area (Å²) in [6, 6.07) is 0.812. The van der Waals surface area contributed by atoms with Crippen LogP contribution in [0.3, 0.4) is 0 Å². The highest BCUT2D eigenvalue weighted by atomic mass is 19.4. The lowest BCUT2D eigenvalue weighted by Crippen LogP contribution is -2.37. The first-order valence-corrected chi connectivity index (χ1v) is 6.30. The Balaban J connectivity index is 3.25. The Bertz CT molecular complexity index is 504. The fourth-order valence-corrected chi connectivity index (χ4v) is 1.72. The number of hydrogen-bond acceptors (Lipinski definition) is 5. The minimum atomic E-state index is -4.60. The van der Waals surface area contributed by atoms with Crippen molar-refractivity contribution in [2.45, 2.75) is 20.0 Å². The van der Waals surface area contributed by atoms with E-state index < -0.39 is 17.8 Å². The van der Waals surface area contributed by atoms with Crippen LogP contribution in [0.4, 0.5) is 24.9 Å². The van der Waals surface area contributed by atoms with E-state index in [0.29, 0.717) is 6.54 Å². The molecule has 0 saturated carbocycles. The molecular weight excluding hydrogens is 287 g/mol. The van der Waals surface area contributed by atoms with Gasteiger partial charge in [0.25, 0.3) is 0 Å². The first-order valence-electron chi connectivity index (χ1n) is 6.30. The molecule has 1 amide bonds. The first kappa shape index (κ1) is 17.0. The van der Waals surface area contributed by atoms with Crippen LogP contribution in [0, 0.1) is 5.92 Å². The molecule has 0 atom stereocenters. The van der Waals surface area contributed by atoms with Crippen molar-refractivity contribution < 1.29 is 18.0 Å². The van der Waals surface area contributed by atoms with E-state index >= 15 is 0 Å². The lowest BCUT2D eigenvalue weighted by Gasteiger charge is -2.25. The van der Waals surface area contributed by atoms with Gasteiger partial charge in [0.1, 0.15) is 5.82 Å². The van der Waals surface area contributed by atoms with E-state index in [1.165, 1.54) is 11.9 Å². The molecule has 1 aromatic heterocycles. The summed E-state index contributed by atoms with van der Waals surface area (Å²) < 4.78 is 38.5. The summed E-state index contributed by atoms with van der Waals surface area (Å²) >= 11 is 0. The number of nitrogens with zero attached hydrogens (tertiary/aromatic N) is 3. The van der Waals surface area contributed by atoms with Crippen LogP contribution in [-0.4, -0.2) is 36.0 Å². The van der Waals surface area contributed by atoms with Gasteiger partial charge in [0.05, 0.1) is 6.54 Å². The summed E-state index contributed by atoms with van der Waals surface area (Å²) in [7, 11) is 1.42. The first-order chi connectivity index (χ1) is 9.63. The van der Waals surface area contributed by atoms with Crippen molar-refractivity contribution in [2.24, 2.45) is 11.7 Å². The molecule has 3 N–H and O–H groups in total. The van der Waals surface area contributed by atoms with Gasteiger partial charge in [0.2, 0.25) is 11.9 Å². The standard InChI is InChI=1S/C12H18F3N5O/c1-7(2)5-20(6-9(16)21)10-4-8(12(13,14)15)18-11(17-3)19-10/h4,7H,5-6H2,1-3H3,(H2,16,21)(H,17,18,19). The number of aromatic nitrogens is 2. The monoisotopic (exact) mass is 305 g/mol. The molecule has 0 aliphatic rings. The third-order valence-corrected chi connectivity index (χ3v) is 2.48. The molecule has 0 saturated heterocycles. The predicted molar refractivity (Wildman–Crippen MR) is 72.8 cm³/mol. The number of alkyl halides is 3. The molecule has 0 spiro atoms. The van der Waals surface area contributed by atoms with Crippen LogP contribution in [-0.2, 0) is 11.0 Å².